The van der Waals surface area contributed by atoms with E-state index < -0.39 is 11.9 Å². The van der Waals surface area contributed by atoms with Crippen LogP contribution in [0.5, 0.6) is 0 Å². The van der Waals surface area contributed by atoms with Gasteiger partial charge in [-0.15, -0.1) is 0 Å². The molecular weight excluding hydrogens is 304 g/mol. The van der Waals surface area contributed by atoms with Crippen LogP contribution in [0.3, 0.4) is 0 Å². The molecule has 0 heterocycles. The highest BCUT2D eigenvalue weighted by Crippen LogP contribution is 2.07. The molecule has 2 N–H and O–H groups in total. The fourth-order valence-corrected chi connectivity index (χ4v) is 1.45. The molecule has 124 valence electrons. The molecule has 0 saturated carbocycles. The molecule has 0 atom stereocenters. The number of benzene rings is 2. The Labute approximate surface area is 141 Å². The molecule has 0 saturated heterocycles. The van der Waals surface area contributed by atoms with Gasteiger partial charge in [-0.1, -0.05) is 80.4 Å². The highest BCUT2D eigenvalue weighted by atomic mass is 16.4. The standard InChI is InChI=1S/C8H6O4.C8H8.C4H6/c9-7(10)5-3-1-2-4-6(5)8(11)12;1-2-8-6-4-3-5-7-8;1-3-4-2/h1-4H,(H,9,10)(H,11,12);2-7H,1H2;3-4H,1-2H2. The van der Waals surface area contributed by atoms with Gasteiger partial charge in [-0.05, 0) is 17.7 Å². The zero-order chi connectivity index (χ0) is 18.4. The number of carboxylic acids is 2. The van der Waals surface area contributed by atoms with Crippen LogP contribution < -0.4 is 0 Å². The van der Waals surface area contributed by atoms with Gasteiger partial charge >= 0.3 is 11.9 Å². The average molecular weight is 324 g/mol. The van der Waals surface area contributed by atoms with E-state index in [2.05, 4.69) is 19.7 Å². The lowest BCUT2D eigenvalue weighted by molar-refractivity contribution is 0.0651. The Kier molecular flexibility index (Phi) is 10.4. The molecule has 2 aromatic carbocycles. The van der Waals surface area contributed by atoms with Gasteiger partial charge in [0.2, 0.25) is 0 Å². The van der Waals surface area contributed by atoms with Gasteiger partial charge in [0.1, 0.15) is 0 Å². The van der Waals surface area contributed by atoms with E-state index >= 15 is 0 Å². The number of allylic oxidation sites excluding steroid dienone is 2. The maximum absolute atomic E-state index is 10.5. The summed E-state index contributed by atoms with van der Waals surface area (Å²) in [6.07, 6.45) is 5.11. The highest BCUT2D eigenvalue weighted by molar-refractivity contribution is 6.01. The van der Waals surface area contributed by atoms with Gasteiger partial charge in [0.25, 0.3) is 0 Å². The molecule has 0 spiro atoms. The van der Waals surface area contributed by atoms with Crippen molar-refractivity contribution in [1.82, 2.24) is 0 Å². The summed E-state index contributed by atoms with van der Waals surface area (Å²) in [5, 5.41) is 17.1. The number of carboxylic acid groups (broad SMARTS) is 2. The average Bonchev–Trinajstić information content (AvgIpc) is 2.63. The first-order valence-electron chi connectivity index (χ1n) is 6.94. The van der Waals surface area contributed by atoms with E-state index in [1.807, 2.05) is 36.4 Å². The molecule has 0 amide bonds. The predicted molar refractivity (Wildman–Crippen MR) is 97.3 cm³/mol. The van der Waals surface area contributed by atoms with Gasteiger partial charge in [0.05, 0.1) is 11.1 Å². The van der Waals surface area contributed by atoms with Crippen molar-refractivity contribution in [2.75, 3.05) is 0 Å². The van der Waals surface area contributed by atoms with Gasteiger partial charge in [-0.25, -0.2) is 9.59 Å². The summed E-state index contributed by atoms with van der Waals surface area (Å²) < 4.78 is 0. The first-order chi connectivity index (χ1) is 11.5. The third-order valence-electron chi connectivity index (χ3n) is 2.59. The second-order valence-corrected chi connectivity index (χ2v) is 4.24. The summed E-state index contributed by atoms with van der Waals surface area (Å²) in [5.41, 5.74) is 0.794. The largest absolute Gasteiger partial charge is 0.478 e. The number of rotatable bonds is 4. The summed E-state index contributed by atoms with van der Waals surface area (Å²) in [6, 6.07) is 15.5. The molecule has 2 aromatic rings. The van der Waals surface area contributed by atoms with Crippen LogP contribution in [-0.2, 0) is 0 Å². The van der Waals surface area contributed by atoms with Crippen molar-refractivity contribution in [3.63, 3.8) is 0 Å². The van der Waals surface area contributed by atoms with Crippen molar-refractivity contribution >= 4 is 18.0 Å². The Morgan fingerprint density at radius 1 is 0.708 bits per heavy atom. The van der Waals surface area contributed by atoms with Gasteiger partial charge in [-0.3, -0.25) is 0 Å². The molecule has 4 heteroatoms. The van der Waals surface area contributed by atoms with Crippen molar-refractivity contribution in [3.05, 3.63) is 103 Å². The predicted octanol–water partition coefficient (Wildman–Crippen LogP) is 4.77. The first-order valence-corrected chi connectivity index (χ1v) is 6.94. The van der Waals surface area contributed by atoms with Crippen LogP contribution >= 0.6 is 0 Å². The van der Waals surface area contributed by atoms with E-state index in [1.54, 1.807) is 12.2 Å². The normalized spacial score (nSPS) is 8.33. The Morgan fingerprint density at radius 3 is 1.33 bits per heavy atom. The summed E-state index contributed by atoms with van der Waals surface area (Å²) in [4.78, 5) is 20.9. The molecule has 0 bridgehead atoms. The zero-order valence-corrected chi connectivity index (χ0v) is 13.3. The summed E-state index contributed by atoms with van der Waals surface area (Å²) in [7, 11) is 0. The maximum atomic E-state index is 10.5. The molecule has 0 unspecified atom stereocenters. The van der Waals surface area contributed by atoms with Gasteiger partial charge in [0.15, 0.2) is 0 Å². The van der Waals surface area contributed by atoms with E-state index in [0.717, 1.165) is 0 Å². The Balaban J connectivity index is 0.000000379. The number of carbonyl (C=O) groups is 2. The first kappa shape index (κ1) is 20.6. The molecular formula is C20H20O4. The third-order valence-corrected chi connectivity index (χ3v) is 2.59. The fourth-order valence-electron chi connectivity index (χ4n) is 1.45. The summed E-state index contributed by atoms with van der Waals surface area (Å²) >= 11 is 0. The van der Waals surface area contributed by atoms with Crippen LogP contribution in [-0.4, -0.2) is 22.2 Å². The molecule has 4 nitrogen and oxygen atoms in total. The van der Waals surface area contributed by atoms with E-state index in [0.29, 0.717) is 0 Å². The molecule has 0 aromatic heterocycles. The lowest BCUT2D eigenvalue weighted by atomic mass is 10.1. The molecule has 0 aliphatic rings. The second-order valence-electron chi connectivity index (χ2n) is 4.24. The summed E-state index contributed by atoms with van der Waals surface area (Å²) in [6.45, 7) is 10.4. The molecule has 0 aliphatic carbocycles. The minimum Gasteiger partial charge on any atom is -0.478 e. The van der Waals surface area contributed by atoms with E-state index in [4.69, 9.17) is 10.2 Å². The molecule has 0 aliphatic heterocycles. The van der Waals surface area contributed by atoms with Crippen LogP contribution in [0.15, 0.2) is 86.5 Å². The van der Waals surface area contributed by atoms with E-state index in [9.17, 15) is 9.59 Å². The highest BCUT2D eigenvalue weighted by Gasteiger charge is 2.13. The van der Waals surface area contributed by atoms with Crippen molar-refractivity contribution < 1.29 is 19.8 Å². The Morgan fingerprint density at radius 2 is 1.08 bits per heavy atom. The van der Waals surface area contributed by atoms with Crippen molar-refractivity contribution in [2.24, 2.45) is 0 Å². The van der Waals surface area contributed by atoms with Crippen molar-refractivity contribution in [2.45, 2.75) is 0 Å². The topological polar surface area (TPSA) is 74.6 Å². The van der Waals surface area contributed by atoms with Crippen LogP contribution in [0.25, 0.3) is 6.08 Å². The zero-order valence-electron chi connectivity index (χ0n) is 13.3. The van der Waals surface area contributed by atoms with Crippen LogP contribution in [0, 0.1) is 0 Å². The van der Waals surface area contributed by atoms with E-state index in [-0.39, 0.29) is 11.1 Å². The quantitative estimate of drug-likeness (QED) is 0.794. The number of aromatic carboxylic acids is 2. The minimum atomic E-state index is -1.23. The molecule has 0 radical (unpaired) electrons. The molecule has 0 fully saturated rings. The van der Waals surface area contributed by atoms with Gasteiger partial charge < -0.3 is 10.2 Å². The Hall–Kier alpha value is -3.40. The monoisotopic (exact) mass is 324 g/mol. The van der Waals surface area contributed by atoms with Crippen molar-refractivity contribution in [3.8, 4) is 0 Å². The van der Waals surface area contributed by atoms with Crippen LogP contribution in [0.4, 0.5) is 0 Å². The van der Waals surface area contributed by atoms with Gasteiger partial charge in [0, 0.05) is 0 Å². The number of hydrogen-bond acceptors (Lipinski definition) is 2. The SMILES string of the molecule is C=CC=C.C=Cc1ccccc1.O=C(O)c1ccccc1C(=O)O. The lowest BCUT2D eigenvalue weighted by Crippen LogP contribution is -2.06. The van der Waals surface area contributed by atoms with Crippen molar-refractivity contribution in [1.29, 1.82) is 0 Å². The third kappa shape index (κ3) is 8.14. The minimum absolute atomic E-state index is 0.190. The summed E-state index contributed by atoms with van der Waals surface area (Å²) in [5.74, 6) is -2.46. The molecule has 2 rings (SSSR count). The fraction of sp³-hybridized carbons (Fsp3) is 0. The molecule has 24 heavy (non-hydrogen) atoms. The van der Waals surface area contributed by atoms with Crippen LogP contribution in [0.2, 0.25) is 0 Å². The second kappa shape index (κ2) is 12.2. The number of hydrogen-bond donors (Lipinski definition) is 2. The maximum Gasteiger partial charge on any atom is 0.336 e. The van der Waals surface area contributed by atoms with Gasteiger partial charge in [-0.2, -0.15) is 0 Å². The van der Waals surface area contributed by atoms with Crippen LogP contribution in [0.1, 0.15) is 26.3 Å². The smallest absolute Gasteiger partial charge is 0.336 e. The lowest BCUT2D eigenvalue weighted by Gasteiger charge is -1.98. The Bertz CT molecular complexity index is 649. The van der Waals surface area contributed by atoms with E-state index in [1.165, 1.54) is 29.8 Å².